The summed E-state index contributed by atoms with van der Waals surface area (Å²) in [7, 11) is 0. The van der Waals surface area contributed by atoms with Gasteiger partial charge in [-0.2, -0.15) is 0 Å². The van der Waals surface area contributed by atoms with E-state index in [1.165, 1.54) is 0 Å². The van der Waals surface area contributed by atoms with Gasteiger partial charge in [0.05, 0.1) is 5.56 Å². The Morgan fingerprint density at radius 3 is 2.67 bits per heavy atom. The normalized spacial score (nSPS) is 21.5. The first-order valence-corrected chi connectivity index (χ1v) is 7.54. The molecule has 1 fully saturated rings. The van der Waals surface area contributed by atoms with E-state index in [0.29, 0.717) is 18.4 Å². The number of nitrogens with zero attached hydrogens (tertiary/aromatic N) is 1. The number of carbonyl (C=O) groups excluding carboxylic acids is 1. The third-order valence-electron chi connectivity index (χ3n) is 4.62. The minimum Gasteiger partial charge on any atom is -0.478 e. The summed E-state index contributed by atoms with van der Waals surface area (Å²) in [5, 5.41) is 9.15. The number of carboxylic acids is 1. The predicted molar refractivity (Wildman–Crippen MR) is 81.3 cm³/mol. The molecule has 1 heterocycles. The van der Waals surface area contributed by atoms with Gasteiger partial charge in [-0.15, -0.1) is 0 Å². The SMILES string of the molecule is CCC1(C)CCN(C(=O)CCc2ccccc2C(=O)O)C1. The van der Waals surface area contributed by atoms with Crippen molar-refractivity contribution < 1.29 is 14.7 Å². The summed E-state index contributed by atoms with van der Waals surface area (Å²) in [6, 6.07) is 6.90. The van der Waals surface area contributed by atoms with Crippen LogP contribution in [0.25, 0.3) is 0 Å². The van der Waals surface area contributed by atoms with Crippen molar-refractivity contribution in [1.29, 1.82) is 0 Å². The molecule has 0 spiro atoms. The van der Waals surface area contributed by atoms with Crippen LogP contribution in [0.2, 0.25) is 0 Å². The molecule has 1 aromatic rings. The van der Waals surface area contributed by atoms with Crippen molar-refractivity contribution in [3.05, 3.63) is 35.4 Å². The largest absolute Gasteiger partial charge is 0.478 e. The molecule has 0 saturated carbocycles. The molecule has 1 amide bonds. The molecule has 1 aliphatic heterocycles. The monoisotopic (exact) mass is 289 g/mol. The summed E-state index contributed by atoms with van der Waals surface area (Å²) in [5.74, 6) is -0.801. The van der Waals surface area contributed by atoms with Crippen LogP contribution in [0.1, 0.15) is 49.0 Å². The number of benzene rings is 1. The Balaban J connectivity index is 1.95. The highest BCUT2D eigenvalue weighted by molar-refractivity contribution is 5.89. The van der Waals surface area contributed by atoms with Gasteiger partial charge >= 0.3 is 5.97 Å². The van der Waals surface area contributed by atoms with E-state index in [9.17, 15) is 9.59 Å². The number of hydrogen-bond donors (Lipinski definition) is 1. The zero-order valence-electron chi connectivity index (χ0n) is 12.8. The molecular weight excluding hydrogens is 266 g/mol. The van der Waals surface area contributed by atoms with Crippen molar-refractivity contribution in [1.82, 2.24) is 4.90 Å². The molecule has 21 heavy (non-hydrogen) atoms. The molecule has 0 radical (unpaired) electrons. The van der Waals surface area contributed by atoms with E-state index >= 15 is 0 Å². The average molecular weight is 289 g/mol. The Bertz CT molecular complexity index is 541. The average Bonchev–Trinajstić information content (AvgIpc) is 2.88. The van der Waals surface area contributed by atoms with Gasteiger partial charge in [-0.05, 0) is 36.3 Å². The minimum atomic E-state index is -0.933. The zero-order valence-corrected chi connectivity index (χ0v) is 12.8. The summed E-state index contributed by atoms with van der Waals surface area (Å²) < 4.78 is 0. The maximum atomic E-state index is 12.3. The van der Waals surface area contributed by atoms with E-state index in [1.54, 1.807) is 18.2 Å². The third-order valence-corrected chi connectivity index (χ3v) is 4.62. The minimum absolute atomic E-state index is 0.132. The number of carboxylic acid groups (broad SMARTS) is 1. The lowest BCUT2D eigenvalue weighted by Gasteiger charge is -2.22. The molecule has 1 atom stereocenters. The molecule has 1 aliphatic rings. The maximum Gasteiger partial charge on any atom is 0.335 e. The number of carbonyl (C=O) groups is 2. The standard InChI is InChI=1S/C17H23NO3/c1-3-17(2)10-11-18(12-17)15(19)9-8-13-6-4-5-7-14(13)16(20)21/h4-7H,3,8-12H2,1-2H3,(H,20,21). The lowest BCUT2D eigenvalue weighted by Crippen LogP contribution is -2.31. The highest BCUT2D eigenvalue weighted by Gasteiger charge is 2.34. The van der Waals surface area contributed by atoms with Gasteiger partial charge in [0.25, 0.3) is 0 Å². The molecule has 4 heteroatoms. The van der Waals surface area contributed by atoms with E-state index in [1.807, 2.05) is 11.0 Å². The molecule has 0 bridgehead atoms. The zero-order chi connectivity index (χ0) is 15.5. The van der Waals surface area contributed by atoms with Crippen LogP contribution in [0.15, 0.2) is 24.3 Å². The van der Waals surface area contributed by atoms with Crippen LogP contribution in [-0.2, 0) is 11.2 Å². The number of aryl methyl sites for hydroxylation is 1. The van der Waals surface area contributed by atoms with E-state index in [2.05, 4.69) is 13.8 Å². The van der Waals surface area contributed by atoms with Crippen molar-refractivity contribution in [2.75, 3.05) is 13.1 Å². The Morgan fingerprint density at radius 1 is 1.33 bits per heavy atom. The van der Waals surface area contributed by atoms with Crippen LogP contribution < -0.4 is 0 Å². The molecule has 4 nitrogen and oxygen atoms in total. The molecule has 1 N–H and O–H groups in total. The fourth-order valence-corrected chi connectivity index (χ4v) is 2.87. The van der Waals surface area contributed by atoms with E-state index in [4.69, 9.17) is 5.11 Å². The number of rotatable bonds is 5. The first-order chi connectivity index (χ1) is 9.95. The van der Waals surface area contributed by atoms with Crippen LogP contribution in [0.4, 0.5) is 0 Å². The quantitative estimate of drug-likeness (QED) is 0.906. The second kappa shape index (κ2) is 6.29. The number of aromatic carboxylic acids is 1. The van der Waals surface area contributed by atoms with Gasteiger partial charge in [0.15, 0.2) is 0 Å². The molecule has 114 valence electrons. The Morgan fingerprint density at radius 2 is 2.05 bits per heavy atom. The highest BCUT2D eigenvalue weighted by atomic mass is 16.4. The van der Waals surface area contributed by atoms with Gasteiger partial charge in [-0.1, -0.05) is 32.0 Å². The van der Waals surface area contributed by atoms with E-state index in [-0.39, 0.29) is 11.3 Å². The Hall–Kier alpha value is -1.84. The maximum absolute atomic E-state index is 12.3. The number of hydrogen-bond acceptors (Lipinski definition) is 2. The Kier molecular flexibility index (Phi) is 4.66. The highest BCUT2D eigenvalue weighted by Crippen LogP contribution is 2.33. The van der Waals surface area contributed by atoms with Crippen LogP contribution in [-0.4, -0.2) is 35.0 Å². The molecule has 1 unspecified atom stereocenters. The van der Waals surface area contributed by atoms with Gasteiger partial charge < -0.3 is 10.0 Å². The lowest BCUT2D eigenvalue weighted by atomic mass is 9.87. The number of amides is 1. The van der Waals surface area contributed by atoms with Crippen LogP contribution in [0.5, 0.6) is 0 Å². The van der Waals surface area contributed by atoms with Crippen molar-refractivity contribution in [3.63, 3.8) is 0 Å². The summed E-state index contributed by atoms with van der Waals surface area (Å²) >= 11 is 0. The summed E-state index contributed by atoms with van der Waals surface area (Å²) in [6.07, 6.45) is 3.00. The molecule has 2 rings (SSSR count). The molecular formula is C17H23NO3. The van der Waals surface area contributed by atoms with Crippen molar-refractivity contribution in [2.45, 2.75) is 39.5 Å². The van der Waals surface area contributed by atoms with Crippen LogP contribution in [0, 0.1) is 5.41 Å². The fraction of sp³-hybridized carbons (Fsp3) is 0.529. The molecule has 0 aliphatic carbocycles. The third kappa shape index (κ3) is 3.63. The van der Waals surface area contributed by atoms with Crippen molar-refractivity contribution in [2.24, 2.45) is 5.41 Å². The summed E-state index contributed by atoms with van der Waals surface area (Å²) in [4.78, 5) is 25.4. The molecule has 0 aromatic heterocycles. The van der Waals surface area contributed by atoms with Crippen LogP contribution in [0.3, 0.4) is 0 Å². The predicted octanol–water partition coefficient (Wildman–Crippen LogP) is 2.97. The van der Waals surface area contributed by atoms with Gasteiger partial charge in [-0.3, -0.25) is 4.79 Å². The van der Waals surface area contributed by atoms with Crippen molar-refractivity contribution in [3.8, 4) is 0 Å². The van der Waals surface area contributed by atoms with Crippen LogP contribution >= 0.6 is 0 Å². The van der Waals surface area contributed by atoms with Gasteiger partial charge in [0, 0.05) is 19.5 Å². The van der Waals surface area contributed by atoms with Gasteiger partial charge in [0.2, 0.25) is 5.91 Å². The van der Waals surface area contributed by atoms with E-state index < -0.39 is 5.97 Å². The topological polar surface area (TPSA) is 57.6 Å². The summed E-state index contributed by atoms with van der Waals surface area (Å²) in [6.45, 7) is 6.03. The smallest absolute Gasteiger partial charge is 0.335 e. The summed E-state index contributed by atoms with van der Waals surface area (Å²) in [5.41, 5.74) is 1.27. The molecule has 1 saturated heterocycles. The molecule has 1 aromatic carbocycles. The first kappa shape index (κ1) is 15.5. The fourth-order valence-electron chi connectivity index (χ4n) is 2.87. The Labute approximate surface area is 125 Å². The second-order valence-corrected chi connectivity index (χ2v) is 6.19. The number of likely N-dealkylation sites (tertiary alicyclic amines) is 1. The van der Waals surface area contributed by atoms with Gasteiger partial charge in [-0.25, -0.2) is 4.79 Å². The van der Waals surface area contributed by atoms with Crippen molar-refractivity contribution >= 4 is 11.9 Å². The van der Waals surface area contributed by atoms with E-state index in [0.717, 1.165) is 31.5 Å². The first-order valence-electron chi connectivity index (χ1n) is 7.54. The van der Waals surface area contributed by atoms with Gasteiger partial charge in [0.1, 0.15) is 0 Å². The lowest BCUT2D eigenvalue weighted by molar-refractivity contribution is -0.130. The second-order valence-electron chi connectivity index (χ2n) is 6.19.